The summed E-state index contributed by atoms with van der Waals surface area (Å²) in [4.78, 5) is 27.2. The van der Waals surface area contributed by atoms with Crippen molar-refractivity contribution in [1.29, 1.82) is 0 Å². The number of fused-ring (bicyclic) bond motifs is 5. The van der Waals surface area contributed by atoms with Gasteiger partial charge < -0.3 is 124 Å². The minimum absolute atomic E-state index is 0.0315. The van der Waals surface area contributed by atoms with E-state index in [0.717, 1.165) is 18.4 Å². The number of carbonyl (C=O) groups excluding carboxylic acids is 2. The Morgan fingerprint density at radius 2 is 1.14 bits per heavy atom. The van der Waals surface area contributed by atoms with Gasteiger partial charge in [-0.15, -0.1) is 0 Å². The Kier molecular flexibility index (Phi) is 21.2. The zero-order valence-corrected chi connectivity index (χ0v) is 48.6. The summed E-state index contributed by atoms with van der Waals surface area (Å²) in [5.74, 6) is -0.803. The molecule has 0 spiro atoms. The van der Waals surface area contributed by atoms with Crippen LogP contribution in [0.2, 0.25) is 0 Å². The number of esters is 1. The Bertz CT molecular complexity index is 2250. The minimum atomic E-state index is -1.90. The molecule has 9 rings (SSSR count). The van der Waals surface area contributed by atoms with Crippen molar-refractivity contribution in [2.45, 2.75) is 272 Å². The van der Waals surface area contributed by atoms with Gasteiger partial charge in [0.15, 0.2) is 31.5 Å². The molecule has 3 saturated carbocycles. The molecule has 27 heteroatoms. The molecule has 0 bridgehead atoms. The van der Waals surface area contributed by atoms with Crippen molar-refractivity contribution in [2.75, 3.05) is 19.8 Å². The number of aliphatic hydroxyl groups excluding tert-OH is 14. The molecule has 34 atom stereocenters. The Hall–Kier alpha value is -2.08. The molecule has 14 N–H and O–H groups in total. The van der Waals surface area contributed by atoms with E-state index in [-0.39, 0.29) is 47.9 Å². The van der Waals surface area contributed by atoms with Gasteiger partial charge in [-0.3, -0.25) is 9.59 Å². The van der Waals surface area contributed by atoms with E-state index in [0.29, 0.717) is 38.5 Å². The molecule has 8 fully saturated rings. The predicted octanol–water partition coefficient (Wildman–Crippen LogP) is -3.35. The van der Waals surface area contributed by atoms with Gasteiger partial charge in [-0.25, -0.2) is 0 Å². The van der Waals surface area contributed by atoms with Gasteiger partial charge in [0.2, 0.25) is 0 Å². The van der Waals surface area contributed by atoms with E-state index in [9.17, 15) is 81.1 Å². The quantitative estimate of drug-likeness (QED) is 0.0471. The first-order valence-electron chi connectivity index (χ1n) is 29.9. The first kappa shape index (κ1) is 66.3. The van der Waals surface area contributed by atoms with Crippen molar-refractivity contribution < 1.29 is 133 Å². The second kappa shape index (κ2) is 26.8. The normalized spacial score (nSPS) is 51.9. The second-order valence-corrected chi connectivity index (χ2v) is 25.9. The van der Waals surface area contributed by atoms with E-state index in [4.69, 9.17) is 52.1 Å². The molecule has 5 saturated heterocycles. The second-order valence-electron chi connectivity index (χ2n) is 25.9. The van der Waals surface area contributed by atoms with Crippen LogP contribution in [0.5, 0.6) is 0 Å². The average molecular weight is 1210 g/mol. The van der Waals surface area contributed by atoms with Crippen LogP contribution in [0.1, 0.15) is 106 Å². The Morgan fingerprint density at radius 3 is 1.75 bits per heavy atom. The van der Waals surface area contributed by atoms with Crippen LogP contribution < -0.4 is 0 Å². The fraction of sp³-hybridized carbons (Fsp3) is 0.930. The zero-order valence-electron chi connectivity index (χ0n) is 48.6. The van der Waals surface area contributed by atoms with E-state index < -0.39 is 196 Å². The Balaban J connectivity index is 0.851. The molecule has 0 aromatic carbocycles. The number of ketones is 1. The van der Waals surface area contributed by atoms with E-state index in [1.165, 1.54) is 20.8 Å². The predicted molar refractivity (Wildman–Crippen MR) is 282 cm³/mol. The van der Waals surface area contributed by atoms with Crippen molar-refractivity contribution in [3.8, 4) is 0 Å². The Labute approximate surface area is 487 Å². The first-order chi connectivity index (χ1) is 39.6. The number of hydrogen-bond acceptors (Lipinski definition) is 27. The van der Waals surface area contributed by atoms with Gasteiger partial charge in [-0.2, -0.15) is 0 Å². The van der Waals surface area contributed by atoms with Crippen molar-refractivity contribution in [1.82, 2.24) is 0 Å². The lowest BCUT2D eigenvalue weighted by Gasteiger charge is -2.58. The molecular weight excluding hydrogens is 1120 g/mol. The number of hydrogen-bond donors (Lipinski definition) is 14. The third kappa shape index (κ3) is 12.8. The summed E-state index contributed by atoms with van der Waals surface area (Å²) >= 11 is 0. The maximum Gasteiger partial charge on any atom is 0.306 e. The van der Waals surface area contributed by atoms with Crippen LogP contribution in [0, 0.1) is 40.4 Å². The molecule has 5 aliphatic heterocycles. The fourth-order valence-electron chi connectivity index (χ4n) is 15.4. The van der Waals surface area contributed by atoms with Crippen LogP contribution in [-0.2, 0) is 61.7 Å². The molecule has 84 heavy (non-hydrogen) atoms. The topological polar surface area (TPSA) is 419 Å². The molecule has 9 aliphatic rings. The van der Waals surface area contributed by atoms with Gasteiger partial charge in [-0.05, 0) is 114 Å². The maximum atomic E-state index is 13.6. The number of ether oxygens (including phenoxy) is 11. The zero-order chi connectivity index (χ0) is 61.2. The lowest BCUT2D eigenvalue weighted by Crippen LogP contribution is -2.67. The van der Waals surface area contributed by atoms with Crippen LogP contribution in [0.15, 0.2) is 11.6 Å². The molecule has 0 aromatic heterocycles. The van der Waals surface area contributed by atoms with Gasteiger partial charge in [0.25, 0.3) is 0 Å². The molecule has 482 valence electrons. The standard InChI is InChI=1S/C57H92O27/c1-21(20-74-51-43(69)41(67)38(64)32(18-58)80-51)8-11-34(61)79-31-17-30-28-10-9-26-16-27(12-14-56(26,6)29(28)13-15-57(30,7)35(31)22(2)60)78-55-50(84-53-45(71)40(66)37(63)24(4)76-53)47(73)49(33(19-59)81-55)83-54-46(72)42(68)48(25(5)77-54)82-52-44(70)39(65)36(62)23(3)75-52/h9,21,23-25,27-33,35-55,58-59,62-73H,8,10-20H2,1-7H3/t21-,23-,24-,25-,27-,28+,29-,30-,31-,32+,33+,35-,36-,37-,38+,39+,40+,41-,42-,43+,44+,45+,46+,47-,48-,49+,50+,51+,52-,53-,54-,55+,56-,57-/m0/s1. The summed E-state index contributed by atoms with van der Waals surface area (Å²) in [5, 5.41) is 149. The highest BCUT2D eigenvalue weighted by atomic mass is 16.8. The number of carbonyl (C=O) groups is 2. The van der Waals surface area contributed by atoms with Crippen molar-refractivity contribution in [2.24, 2.45) is 40.4 Å². The summed E-state index contributed by atoms with van der Waals surface area (Å²) < 4.78 is 65.8. The van der Waals surface area contributed by atoms with Crippen LogP contribution in [-0.4, -0.2) is 269 Å². The van der Waals surface area contributed by atoms with Gasteiger partial charge in [0, 0.05) is 6.42 Å². The SMILES string of the molecule is CC(=O)[C@H]1[C@@H](OC(=O)CC[C@H](C)CO[C@@H]2O[C@H](CO)[C@@H](O)[C@H](O)[C@H]2O)C[C@H]2[C@@H]3CC=C4C[C@@H](O[C@@H]5O[C@H](CO)[C@@H](O[C@@H]6O[C@@H](C)[C@H](O[C@@H]7O[C@@H](C)[C@H](O)[C@@H](O)[C@H]7O)[C@@H](O)[C@H]6O)[C@H](O)[C@H]5O[C@@H]5O[C@@H](C)[C@H](O)[C@@H](O)[C@H]5O)CC[C@]4(C)[C@H]3CC[C@@]21C. The van der Waals surface area contributed by atoms with E-state index in [1.807, 2.05) is 6.92 Å². The highest BCUT2D eigenvalue weighted by Gasteiger charge is 2.64. The van der Waals surface area contributed by atoms with Gasteiger partial charge in [0.1, 0.15) is 116 Å². The largest absolute Gasteiger partial charge is 0.462 e. The molecule has 0 radical (unpaired) electrons. The molecular formula is C57H92O27. The van der Waals surface area contributed by atoms with Crippen LogP contribution in [0.3, 0.4) is 0 Å². The lowest BCUT2D eigenvalue weighted by molar-refractivity contribution is -0.394. The summed E-state index contributed by atoms with van der Waals surface area (Å²) in [5.41, 5.74) is 0.418. The molecule has 0 aromatic rings. The third-order valence-corrected chi connectivity index (χ3v) is 20.4. The van der Waals surface area contributed by atoms with E-state index in [2.05, 4.69) is 19.9 Å². The van der Waals surface area contributed by atoms with Gasteiger partial charge in [0.05, 0.1) is 50.2 Å². The maximum absolute atomic E-state index is 13.6. The lowest BCUT2D eigenvalue weighted by atomic mass is 9.47. The highest BCUT2D eigenvalue weighted by Crippen LogP contribution is 2.67. The number of aliphatic hydroxyl groups is 14. The van der Waals surface area contributed by atoms with Crippen LogP contribution in [0.4, 0.5) is 0 Å². The van der Waals surface area contributed by atoms with Crippen molar-refractivity contribution in [3.05, 3.63) is 11.6 Å². The minimum Gasteiger partial charge on any atom is -0.462 e. The highest BCUT2D eigenvalue weighted by molar-refractivity contribution is 5.81. The summed E-state index contributed by atoms with van der Waals surface area (Å²) in [6.45, 7) is 10.8. The van der Waals surface area contributed by atoms with E-state index in [1.54, 1.807) is 6.92 Å². The summed E-state index contributed by atoms with van der Waals surface area (Å²) in [6, 6.07) is 0. The van der Waals surface area contributed by atoms with E-state index >= 15 is 0 Å². The number of allylic oxidation sites excluding steroid dienone is 1. The molecule has 0 amide bonds. The molecule has 0 unspecified atom stereocenters. The number of Topliss-reactive ketones (excluding diaryl/α,β-unsaturated/α-hetero) is 1. The molecule has 4 aliphatic carbocycles. The van der Waals surface area contributed by atoms with Crippen LogP contribution in [0.25, 0.3) is 0 Å². The molecule has 27 nitrogen and oxygen atoms in total. The fourth-order valence-corrected chi connectivity index (χ4v) is 15.4. The van der Waals surface area contributed by atoms with Gasteiger partial charge >= 0.3 is 5.97 Å². The summed E-state index contributed by atoms with van der Waals surface area (Å²) in [7, 11) is 0. The number of rotatable bonds is 18. The Morgan fingerprint density at radius 1 is 0.595 bits per heavy atom. The third-order valence-electron chi connectivity index (χ3n) is 20.4. The summed E-state index contributed by atoms with van der Waals surface area (Å²) in [6.07, 6.45) is -32.2. The smallest absolute Gasteiger partial charge is 0.306 e. The van der Waals surface area contributed by atoms with Crippen molar-refractivity contribution in [3.63, 3.8) is 0 Å². The molecule has 5 heterocycles. The average Bonchev–Trinajstić information content (AvgIpc) is 1.86. The van der Waals surface area contributed by atoms with Gasteiger partial charge in [-0.1, -0.05) is 32.4 Å². The van der Waals surface area contributed by atoms with Crippen LogP contribution >= 0.6 is 0 Å². The van der Waals surface area contributed by atoms with Crippen molar-refractivity contribution >= 4 is 11.8 Å². The first-order valence-corrected chi connectivity index (χ1v) is 29.9. The monoisotopic (exact) mass is 1210 g/mol.